The topological polar surface area (TPSA) is 66.8 Å². The number of hydrogen-bond donors (Lipinski definition) is 1. The van der Waals surface area contributed by atoms with Crippen LogP contribution in [0.3, 0.4) is 0 Å². The molecular weight excluding hydrogens is 314 g/mol. The van der Waals surface area contributed by atoms with Crippen molar-refractivity contribution in [1.82, 2.24) is 4.90 Å². The van der Waals surface area contributed by atoms with Crippen molar-refractivity contribution >= 4 is 23.8 Å². The van der Waals surface area contributed by atoms with Crippen molar-refractivity contribution in [3.05, 3.63) is 35.9 Å². The SMILES string of the molecule is CSCCCC(C(=O)O)N(C(=O)OCc1ccccc1)C(C)C. The summed E-state index contributed by atoms with van der Waals surface area (Å²) in [6, 6.07) is 8.25. The molecule has 0 aliphatic carbocycles. The van der Waals surface area contributed by atoms with E-state index >= 15 is 0 Å². The van der Waals surface area contributed by atoms with E-state index in [1.54, 1.807) is 25.6 Å². The molecule has 0 radical (unpaired) electrons. The number of amides is 1. The molecule has 0 heterocycles. The van der Waals surface area contributed by atoms with Crippen LogP contribution >= 0.6 is 11.8 Å². The molecule has 6 heteroatoms. The van der Waals surface area contributed by atoms with Gasteiger partial charge in [-0.1, -0.05) is 30.3 Å². The molecule has 5 nitrogen and oxygen atoms in total. The van der Waals surface area contributed by atoms with E-state index in [9.17, 15) is 14.7 Å². The maximum Gasteiger partial charge on any atom is 0.411 e. The molecule has 0 saturated heterocycles. The van der Waals surface area contributed by atoms with E-state index in [1.807, 2.05) is 36.6 Å². The van der Waals surface area contributed by atoms with E-state index in [0.717, 1.165) is 17.7 Å². The Morgan fingerprint density at radius 3 is 2.43 bits per heavy atom. The summed E-state index contributed by atoms with van der Waals surface area (Å²) in [7, 11) is 0. The number of carboxylic acids is 1. The second-order valence-corrected chi connectivity index (χ2v) is 6.52. The normalized spacial score (nSPS) is 12.0. The molecule has 1 atom stereocenters. The van der Waals surface area contributed by atoms with Crippen molar-refractivity contribution in [2.24, 2.45) is 0 Å². The van der Waals surface area contributed by atoms with Crippen LogP contribution in [0, 0.1) is 0 Å². The van der Waals surface area contributed by atoms with E-state index in [2.05, 4.69) is 0 Å². The number of carboxylic acid groups (broad SMARTS) is 1. The predicted octanol–water partition coefficient (Wildman–Crippen LogP) is 3.63. The van der Waals surface area contributed by atoms with Gasteiger partial charge in [-0.25, -0.2) is 9.59 Å². The Balaban J connectivity index is 2.73. The van der Waals surface area contributed by atoms with Crippen molar-refractivity contribution in [2.75, 3.05) is 12.0 Å². The number of rotatable bonds is 9. The molecule has 1 unspecified atom stereocenters. The van der Waals surface area contributed by atoms with Gasteiger partial charge in [0, 0.05) is 6.04 Å². The summed E-state index contributed by atoms with van der Waals surface area (Å²) in [4.78, 5) is 25.3. The van der Waals surface area contributed by atoms with Gasteiger partial charge in [-0.15, -0.1) is 0 Å². The second kappa shape index (κ2) is 10.2. The van der Waals surface area contributed by atoms with Crippen LogP contribution in [0.1, 0.15) is 32.3 Å². The highest BCUT2D eigenvalue weighted by Crippen LogP contribution is 2.16. The zero-order valence-electron chi connectivity index (χ0n) is 13.9. The number of carbonyl (C=O) groups is 2. The fourth-order valence-corrected chi connectivity index (χ4v) is 2.75. The average Bonchev–Trinajstić information content (AvgIpc) is 2.52. The van der Waals surface area contributed by atoms with E-state index in [4.69, 9.17) is 4.74 Å². The third kappa shape index (κ3) is 6.52. The second-order valence-electron chi connectivity index (χ2n) is 5.53. The third-order valence-electron chi connectivity index (χ3n) is 3.42. The lowest BCUT2D eigenvalue weighted by Crippen LogP contribution is -2.49. The summed E-state index contributed by atoms with van der Waals surface area (Å²) >= 11 is 1.66. The lowest BCUT2D eigenvalue weighted by atomic mass is 10.1. The fraction of sp³-hybridized carbons (Fsp3) is 0.529. The first-order valence-corrected chi connectivity index (χ1v) is 9.07. The van der Waals surface area contributed by atoms with Crippen molar-refractivity contribution < 1.29 is 19.4 Å². The third-order valence-corrected chi connectivity index (χ3v) is 4.12. The van der Waals surface area contributed by atoms with Crippen LogP contribution in [0.15, 0.2) is 30.3 Å². The zero-order chi connectivity index (χ0) is 17.2. The minimum Gasteiger partial charge on any atom is -0.480 e. The highest BCUT2D eigenvalue weighted by molar-refractivity contribution is 7.98. The summed E-state index contributed by atoms with van der Waals surface area (Å²) in [5.41, 5.74) is 0.874. The van der Waals surface area contributed by atoms with E-state index in [1.165, 1.54) is 4.90 Å². The van der Waals surface area contributed by atoms with Crippen LogP contribution < -0.4 is 0 Å². The Kier molecular flexibility index (Phi) is 8.55. The molecular formula is C17H25NO4S. The van der Waals surface area contributed by atoms with Crippen molar-refractivity contribution in [1.29, 1.82) is 0 Å². The molecule has 0 saturated carbocycles. The summed E-state index contributed by atoms with van der Waals surface area (Å²) in [6.07, 6.45) is 2.56. The molecule has 1 amide bonds. The van der Waals surface area contributed by atoms with Crippen molar-refractivity contribution in [2.45, 2.75) is 45.4 Å². The van der Waals surface area contributed by atoms with Gasteiger partial charge in [-0.05, 0) is 44.3 Å². The number of hydrogen-bond acceptors (Lipinski definition) is 4. The molecule has 1 rings (SSSR count). The molecule has 0 aliphatic heterocycles. The highest BCUT2D eigenvalue weighted by Gasteiger charge is 2.32. The minimum atomic E-state index is -0.989. The smallest absolute Gasteiger partial charge is 0.411 e. The molecule has 0 bridgehead atoms. The summed E-state index contributed by atoms with van der Waals surface area (Å²) in [6.45, 7) is 3.74. The molecule has 0 aromatic heterocycles. The van der Waals surface area contributed by atoms with Gasteiger partial charge >= 0.3 is 12.1 Å². The number of aliphatic carboxylic acids is 1. The first-order valence-electron chi connectivity index (χ1n) is 7.68. The number of ether oxygens (including phenoxy) is 1. The van der Waals surface area contributed by atoms with Crippen LogP contribution in [0.4, 0.5) is 4.79 Å². The quantitative estimate of drug-likeness (QED) is 0.696. The lowest BCUT2D eigenvalue weighted by molar-refractivity contribution is -0.143. The first kappa shape index (κ1) is 19.4. The summed E-state index contributed by atoms with van der Waals surface area (Å²) in [5.74, 6) is -0.120. The van der Waals surface area contributed by atoms with E-state index < -0.39 is 18.1 Å². The Labute approximate surface area is 142 Å². The Bertz CT molecular complexity index is 493. The van der Waals surface area contributed by atoms with Gasteiger partial charge < -0.3 is 9.84 Å². The number of nitrogens with zero attached hydrogens (tertiary/aromatic N) is 1. The Morgan fingerprint density at radius 1 is 1.26 bits per heavy atom. The standard InChI is InChI=1S/C17H25NO4S/c1-13(2)18(15(16(19)20)10-7-11-23-3)17(21)22-12-14-8-5-4-6-9-14/h4-6,8-9,13,15H,7,10-12H2,1-3H3,(H,19,20). The maximum atomic E-state index is 12.4. The predicted molar refractivity (Wildman–Crippen MR) is 92.6 cm³/mol. The van der Waals surface area contributed by atoms with Gasteiger partial charge in [0.2, 0.25) is 0 Å². The lowest BCUT2D eigenvalue weighted by Gasteiger charge is -2.31. The van der Waals surface area contributed by atoms with Crippen LogP contribution in [0.5, 0.6) is 0 Å². The molecule has 23 heavy (non-hydrogen) atoms. The largest absolute Gasteiger partial charge is 0.480 e. The summed E-state index contributed by atoms with van der Waals surface area (Å²) < 4.78 is 5.31. The Hall–Kier alpha value is -1.69. The Morgan fingerprint density at radius 2 is 1.91 bits per heavy atom. The van der Waals surface area contributed by atoms with Crippen LogP contribution in [0.25, 0.3) is 0 Å². The van der Waals surface area contributed by atoms with Crippen LogP contribution in [-0.2, 0) is 16.1 Å². The van der Waals surface area contributed by atoms with Crippen molar-refractivity contribution in [3.63, 3.8) is 0 Å². The van der Waals surface area contributed by atoms with Crippen molar-refractivity contribution in [3.8, 4) is 0 Å². The molecule has 0 spiro atoms. The van der Waals surface area contributed by atoms with Gasteiger partial charge in [0.15, 0.2) is 0 Å². The zero-order valence-corrected chi connectivity index (χ0v) is 14.7. The minimum absolute atomic E-state index is 0.139. The molecule has 0 aliphatic rings. The molecule has 1 aromatic carbocycles. The molecule has 128 valence electrons. The average molecular weight is 339 g/mol. The number of benzene rings is 1. The van der Waals surface area contributed by atoms with Crippen LogP contribution in [-0.4, -0.2) is 46.2 Å². The number of thioether (sulfide) groups is 1. The van der Waals surface area contributed by atoms with Gasteiger partial charge in [0.05, 0.1) is 0 Å². The van der Waals surface area contributed by atoms with E-state index in [0.29, 0.717) is 6.42 Å². The van der Waals surface area contributed by atoms with Gasteiger partial charge in [-0.2, -0.15) is 11.8 Å². The van der Waals surface area contributed by atoms with Gasteiger partial charge in [-0.3, -0.25) is 4.90 Å². The van der Waals surface area contributed by atoms with Gasteiger partial charge in [0.1, 0.15) is 12.6 Å². The molecule has 1 aromatic rings. The van der Waals surface area contributed by atoms with Crippen LogP contribution in [0.2, 0.25) is 0 Å². The maximum absolute atomic E-state index is 12.4. The molecule has 1 N–H and O–H groups in total. The first-order chi connectivity index (χ1) is 11.0. The monoisotopic (exact) mass is 339 g/mol. The summed E-state index contributed by atoms with van der Waals surface area (Å²) in [5, 5.41) is 9.47. The van der Waals surface area contributed by atoms with E-state index in [-0.39, 0.29) is 12.6 Å². The fourth-order valence-electron chi connectivity index (χ4n) is 2.29. The highest BCUT2D eigenvalue weighted by atomic mass is 32.2. The number of carbonyl (C=O) groups excluding carboxylic acids is 1. The molecule has 0 fully saturated rings. The van der Waals surface area contributed by atoms with Gasteiger partial charge in [0.25, 0.3) is 0 Å².